The van der Waals surface area contributed by atoms with Gasteiger partial charge in [-0.05, 0) is 44.4 Å². The number of halogens is 3. The van der Waals surface area contributed by atoms with E-state index in [2.05, 4.69) is 16.4 Å². The van der Waals surface area contributed by atoms with Crippen LogP contribution in [0.5, 0.6) is 0 Å². The maximum absolute atomic E-state index is 13.1. The van der Waals surface area contributed by atoms with E-state index in [-0.39, 0.29) is 11.5 Å². The van der Waals surface area contributed by atoms with Crippen LogP contribution in [0.2, 0.25) is 0 Å². The number of rotatable bonds is 4. The predicted octanol–water partition coefficient (Wildman–Crippen LogP) is 4.72. The van der Waals surface area contributed by atoms with Crippen LogP contribution in [0.25, 0.3) is 11.0 Å². The Balaban J connectivity index is 1.98. The van der Waals surface area contributed by atoms with Crippen LogP contribution in [-0.4, -0.2) is 21.6 Å². The largest absolute Gasteiger partial charge is 0.394 e. The number of amides is 1. The summed E-state index contributed by atoms with van der Waals surface area (Å²) in [5, 5.41) is 11.7. The zero-order valence-electron chi connectivity index (χ0n) is 15.4. The molecule has 1 aromatic heterocycles. The van der Waals surface area contributed by atoms with Crippen LogP contribution in [0.4, 0.5) is 19.1 Å². The Labute approximate surface area is 155 Å². The first-order chi connectivity index (χ1) is 12.5. The predicted molar refractivity (Wildman–Crippen MR) is 95.0 cm³/mol. The zero-order valence-corrected chi connectivity index (χ0v) is 15.4. The molecule has 1 N–H and O–H groups in total. The van der Waals surface area contributed by atoms with E-state index in [1.165, 1.54) is 0 Å². The second-order valence-corrected chi connectivity index (χ2v) is 8.04. The summed E-state index contributed by atoms with van der Waals surface area (Å²) in [6.07, 6.45) is -2.42. The van der Waals surface area contributed by atoms with Crippen molar-refractivity contribution in [2.75, 3.05) is 5.32 Å². The van der Waals surface area contributed by atoms with E-state index < -0.39 is 23.9 Å². The van der Waals surface area contributed by atoms with Gasteiger partial charge in [0.1, 0.15) is 0 Å². The molecule has 1 aliphatic rings. The minimum absolute atomic E-state index is 0.227. The first kappa shape index (κ1) is 19.2. The number of aromatic nitrogens is 2. The van der Waals surface area contributed by atoms with Gasteiger partial charge in [-0.3, -0.25) is 10.1 Å². The van der Waals surface area contributed by atoms with Crippen molar-refractivity contribution in [1.29, 1.82) is 5.26 Å². The molecule has 1 aromatic carbocycles. The summed E-state index contributed by atoms with van der Waals surface area (Å²) in [6, 6.07) is 7.08. The molecule has 1 heterocycles. The van der Waals surface area contributed by atoms with Gasteiger partial charge < -0.3 is 4.57 Å². The third kappa shape index (κ3) is 3.38. The number of carbonyl (C=O) groups excluding carboxylic acids is 1. The van der Waals surface area contributed by atoms with Gasteiger partial charge in [-0.25, -0.2) is 4.98 Å². The Hall–Kier alpha value is -2.56. The second-order valence-electron chi connectivity index (χ2n) is 8.04. The Bertz CT molecular complexity index is 933. The minimum atomic E-state index is -4.48. The lowest BCUT2D eigenvalue weighted by Crippen LogP contribution is -2.39. The van der Waals surface area contributed by atoms with E-state index in [0.717, 1.165) is 33.1 Å². The summed E-state index contributed by atoms with van der Waals surface area (Å²) >= 11 is 0. The number of nitrogens with one attached hydrogen (secondary N) is 1. The number of benzene rings is 1. The Kier molecular flexibility index (Phi) is 4.45. The highest BCUT2D eigenvalue weighted by Gasteiger charge is 2.48. The highest BCUT2D eigenvalue weighted by molar-refractivity contribution is 5.92. The van der Waals surface area contributed by atoms with E-state index in [4.69, 9.17) is 5.26 Å². The first-order valence-electron chi connectivity index (χ1n) is 8.76. The summed E-state index contributed by atoms with van der Waals surface area (Å²) in [7, 11) is 0. The normalized spacial score (nSPS) is 16.6. The minimum Gasteiger partial charge on any atom is -0.304 e. The van der Waals surface area contributed by atoms with Crippen LogP contribution in [-0.2, 0) is 10.3 Å². The van der Waals surface area contributed by atoms with Crippen LogP contribution in [0.3, 0.4) is 0 Å². The molecule has 1 fully saturated rings. The number of anilines is 1. The van der Waals surface area contributed by atoms with E-state index in [1.54, 1.807) is 18.2 Å². The van der Waals surface area contributed by atoms with E-state index in [0.29, 0.717) is 16.6 Å². The van der Waals surface area contributed by atoms with Crippen molar-refractivity contribution in [3.63, 3.8) is 0 Å². The average Bonchev–Trinajstić information content (AvgIpc) is 2.87. The highest BCUT2D eigenvalue weighted by atomic mass is 19.4. The van der Waals surface area contributed by atoms with Crippen molar-refractivity contribution < 1.29 is 18.0 Å². The lowest BCUT2D eigenvalue weighted by Gasteiger charge is -2.41. The van der Waals surface area contributed by atoms with Crippen LogP contribution in [0.1, 0.15) is 52.0 Å². The van der Waals surface area contributed by atoms with Gasteiger partial charge in [0.2, 0.25) is 11.9 Å². The van der Waals surface area contributed by atoms with Gasteiger partial charge in [0.25, 0.3) is 0 Å². The standard InChI is InChI=1S/C19H21F3N4O/c1-17(2,19(20,21)22)10-15(27)25-16-24-13-6-5-12(11-23)9-14(13)26(16)18(3)7-4-8-18/h5-6,9H,4,7-8,10H2,1-3H3,(H,24,25,27). The molecule has 1 saturated carbocycles. The molecule has 0 saturated heterocycles. The molecule has 144 valence electrons. The van der Waals surface area contributed by atoms with E-state index in [9.17, 15) is 18.0 Å². The third-order valence-corrected chi connectivity index (χ3v) is 5.38. The molecule has 3 rings (SSSR count). The van der Waals surface area contributed by atoms with Crippen LogP contribution in [0, 0.1) is 16.7 Å². The van der Waals surface area contributed by atoms with Crippen molar-refractivity contribution in [3.8, 4) is 6.07 Å². The number of hydrogen-bond donors (Lipinski definition) is 1. The SMILES string of the molecule is CC1(n2c(NC(=O)CC(C)(C)C(F)(F)F)nc3ccc(C#N)cc32)CCC1. The Morgan fingerprint density at radius 1 is 1.37 bits per heavy atom. The maximum Gasteiger partial charge on any atom is 0.394 e. The fourth-order valence-electron chi connectivity index (χ4n) is 3.36. The number of hydrogen-bond acceptors (Lipinski definition) is 3. The van der Waals surface area contributed by atoms with Gasteiger partial charge in [-0.2, -0.15) is 18.4 Å². The molecule has 1 amide bonds. The molecular formula is C19H21F3N4O. The van der Waals surface area contributed by atoms with Crippen molar-refractivity contribution in [1.82, 2.24) is 9.55 Å². The molecule has 8 heteroatoms. The van der Waals surface area contributed by atoms with Gasteiger partial charge in [0.05, 0.1) is 28.1 Å². The zero-order chi connectivity index (χ0) is 20.0. The number of alkyl halides is 3. The highest BCUT2D eigenvalue weighted by Crippen LogP contribution is 2.44. The average molecular weight is 378 g/mol. The van der Waals surface area contributed by atoms with Gasteiger partial charge in [0, 0.05) is 12.0 Å². The van der Waals surface area contributed by atoms with Crippen molar-refractivity contribution >= 4 is 22.9 Å². The topological polar surface area (TPSA) is 70.7 Å². The van der Waals surface area contributed by atoms with Gasteiger partial charge in [0.15, 0.2) is 0 Å². The van der Waals surface area contributed by atoms with Gasteiger partial charge in [-0.1, -0.05) is 13.8 Å². The summed E-state index contributed by atoms with van der Waals surface area (Å²) in [6.45, 7) is 4.02. The lowest BCUT2D eigenvalue weighted by atomic mass is 9.78. The molecule has 0 bridgehead atoms. The van der Waals surface area contributed by atoms with E-state index in [1.807, 2.05) is 11.5 Å². The number of nitriles is 1. The van der Waals surface area contributed by atoms with Crippen molar-refractivity contribution in [2.45, 2.75) is 58.2 Å². The number of imidazole rings is 1. The van der Waals surface area contributed by atoms with Gasteiger partial charge >= 0.3 is 6.18 Å². The lowest BCUT2D eigenvalue weighted by molar-refractivity contribution is -0.213. The van der Waals surface area contributed by atoms with Crippen molar-refractivity contribution in [2.24, 2.45) is 5.41 Å². The smallest absolute Gasteiger partial charge is 0.304 e. The van der Waals surface area contributed by atoms with Crippen molar-refractivity contribution in [3.05, 3.63) is 23.8 Å². The Morgan fingerprint density at radius 2 is 2.04 bits per heavy atom. The third-order valence-electron chi connectivity index (χ3n) is 5.38. The monoisotopic (exact) mass is 378 g/mol. The molecule has 0 atom stereocenters. The number of carbonyl (C=O) groups is 1. The number of fused-ring (bicyclic) bond motifs is 1. The summed E-state index contributed by atoms with van der Waals surface area (Å²) in [5.74, 6) is -0.512. The first-order valence-corrected chi connectivity index (χ1v) is 8.76. The molecule has 0 unspecified atom stereocenters. The quantitative estimate of drug-likeness (QED) is 0.836. The molecule has 0 aliphatic heterocycles. The number of nitrogens with zero attached hydrogens (tertiary/aromatic N) is 3. The molecule has 2 aromatic rings. The summed E-state index contributed by atoms with van der Waals surface area (Å²) in [4.78, 5) is 16.8. The molecular weight excluding hydrogens is 357 g/mol. The molecule has 5 nitrogen and oxygen atoms in total. The summed E-state index contributed by atoms with van der Waals surface area (Å²) in [5.41, 5.74) is -0.676. The molecule has 0 spiro atoms. The maximum atomic E-state index is 13.1. The van der Waals surface area contributed by atoms with Crippen LogP contribution in [0.15, 0.2) is 18.2 Å². The molecule has 27 heavy (non-hydrogen) atoms. The fourth-order valence-corrected chi connectivity index (χ4v) is 3.36. The fraction of sp³-hybridized carbons (Fsp3) is 0.526. The summed E-state index contributed by atoms with van der Waals surface area (Å²) < 4.78 is 41.1. The van der Waals surface area contributed by atoms with Gasteiger partial charge in [-0.15, -0.1) is 0 Å². The second kappa shape index (κ2) is 6.25. The van der Waals surface area contributed by atoms with Crippen LogP contribution >= 0.6 is 0 Å². The molecule has 0 radical (unpaired) electrons. The van der Waals surface area contributed by atoms with Crippen LogP contribution < -0.4 is 5.32 Å². The molecule has 1 aliphatic carbocycles. The Morgan fingerprint density at radius 3 is 2.56 bits per heavy atom. The van der Waals surface area contributed by atoms with E-state index >= 15 is 0 Å².